The molecular formula is C18H19N3O4S. The number of nitrogens with zero attached hydrogens (tertiary/aromatic N) is 2. The normalized spacial score (nSPS) is 12.3. The number of sulfonamides is 1. The minimum Gasteiger partial charge on any atom is -0.481 e. The van der Waals surface area contributed by atoms with Gasteiger partial charge in [-0.25, -0.2) is 12.7 Å². The van der Waals surface area contributed by atoms with Crippen molar-refractivity contribution in [3.05, 3.63) is 54.1 Å². The van der Waals surface area contributed by atoms with Gasteiger partial charge in [-0.05, 0) is 55.5 Å². The predicted octanol–water partition coefficient (Wildman–Crippen LogP) is 2.21. The smallest absolute Gasteiger partial charge is 0.265 e. The van der Waals surface area contributed by atoms with E-state index in [1.165, 1.54) is 38.4 Å². The zero-order chi connectivity index (χ0) is 19.3. The molecule has 0 aliphatic rings. The standard InChI is InChI=1S/C18H19N3O4S/c1-13(25-16-8-4-14(12-19)5-9-16)18(22)20-15-6-10-17(11-7-15)26(23,24)21(2)3/h4-11,13H,1-3H3,(H,20,22). The molecule has 0 spiro atoms. The first-order chi connectivity index (χ1) is 12.2. The second-order valence-electron chi connectivity index (χ2n) is 5.70. The van der Waals surface area contributed by atoms with Gasteiger partial charge in [0.1, 0.15) is 5.75 Å². The van der Waals surface area contributed by atoms with E-state index < -0.39 is 16.1 Å². The van der Waals surface area contributed by atoms with Crippen LogP contribution in [0.15, 0.2) is 53.4 Å². The Balaban J connectivity index is 2.01. The molecule has 0 aliphatic heterocycles. The number of rotatable bonds is 6. The fourth-order valence-corrected chi connectivity index (χ4v) is 2.93. The fourth-order valence-electron chi connectivity index (χ4n) is 2.03. The number of amides is 1. The summed E-state index contributed by atoms with van der Waals surface area (Å²) in [6.07, 6.45) is -0.770. The first-order valence-electron chi connectivity index (χ1n) is 7.74. The highest BCUT2D eigenvalue weighted by atomic mass is 32.2. The molecule has 0 saturated carbocycles. The lowest BCUT2D eigenvalue weighted by atomic mass is 10.2. The zero-order valence-corrected chi connectivity index (χ0v) is 15.4. The van der Waals surface area contributed by atoms with Crippen LogP contribution >= 0.6 is 0 Å². The SMILES string of the molecule is CC(Oc1ccc(C#N)cc1)C(=O)Nc1ccc(S(=O)(=O)N(C)C)cc1. The lowest BCUT2D eigenvalue weighted by molar-refractivity contribution is -0.122. The Hall–Kier alpha value is -2.89. The topological polar surface area (TPSA) is 99.5 Å². The maximum Gasteiger partial charge on any atom is 0.265 e. The van der Waals surface area contributed by atoms with Gasteiger partial charge in [-0.15, -0.1) is 0 Å². The number of nitrogens with one attached hydrogen (secondary N) is 1. The predicted molar refractivity (Wildman–Crippen MR) is 97.2 cm³/mol. The van der Waals surface area contributed by atoms with Gasteiger partial charge in [-0.1, -0.05) is 0 Å². The van der Waals surface area contributed by atoms with Crippen LogP contribution in [-0.4, -0.2) is 38.8 Å². The summed E-state index contributed by atoms with van der Waals surface area (Å²) in [5.41, 5.74) is 0.963. The molecule has 0 bridgehead atoms. The average molecular weight is 373 g/mol. The minimum absolute atomic E-state index is 0.141. The summed E-state index contributed by atoms with van der Waals surface area (Å²) >= 11 is 0. The number of carbonyl (C=O) groups is 1. The fraction of sp³-hybridized carbons (Fsp3) is 0.222. The molecular weight excluding hydrogens is 354 g/mol. The highest BCUT2D eigenvalue weighted by molar-refractivity contribution is 7.89. The molecule has 0 saturated heterocycles. The average Bonchev–Trinajstić information content (AvgIpc) is 2.62. The maximum absolute atomic E-state index is 12.2. The summed E-state index contributed by atoms with van der Waals surface area (Å²) < 4.78 is 30.7. The molecule has 0 radical (unpaired) electrons. The third kappa shape index (κ3) is 4.59. The molecule has 1 atom stereocenters. The van der Waals surface area contributed by atoms with Crippen LogP contribution in [0.3, 0.4) is 0 Å². The molecule has 2 aromatic carbocycles. The van der Waals surface area contributed by atoms with Gasteiger partial charge in [0.05, 0.1) is 16.5 Å². The monoisotopic (exact) mass is 373 g/mol. The lowest BCUT2D eigenvalue weighted by Crippen LogP contribution is -2.30. The Morgan fingerprint density at radius 2 is 1.69 bits per heavy atom. The van der Waals surface area contributed by atoms with E-state index in [4.69, 9.17) is 10.00 Å². The van der Waals surface area contributed by atoms with Crippen molar-refractivity contribution in [3.63, 3.8) is 0 Å². The Morgan fingerprint density at radius 1 is 1.12 bits per heavy atom. The van der Waals surface area contributed by atoms with Crippen LogP contribution in [0.1, 0.15) is 12.5 Å². The third-order valence-corrected chi connectivity index (χ3v) is 5.40. The van der Waals surface area contributed by atoms with E-state index in [1.807, 2.05) is 6.07 Å². The van der Waals surface area contributed by atoms with E-state index in [1.54, 1.807) is 31.2 Å². The molecule has 0 aromatic heterocycles. The quantitative estimate of drug-likeness (QED) is 0.837. The maximum atomic E-state index is 12.2. The van der Waals surface area contributed by atoms with Crippen molar-refractivity contribution in [3.8, 4) is 11.8 Å². The second kappa shape index (κ2) is 7.99. The summed E-state index contributed by atoms with van der Waals surface area (Å²) in [4.78, 5) is 12.4. The summed E-state index contributed by atoms with van der Waals surface area (Å²) in [7, 11) is -0.609. The molecule has 7 nitrogen and oxygen atoms in total. The lowest BCUT2D eigenvalue weighted by Gasteiger charge is -2.15. The molecule has 26 heavy (non-hydrogen) atoms. The highest BCUT2D eigenvalue weighted by Crippen LogP contribution is 2.18. The second-order valence-corrected chi connectivity index (χ2v) is 7.85. The van der Waals surface area contributed by atoms with Gasteiger partial charge in [0, 0.05) is 19.8 Å². The van der Waals surface area contributed by atoms with Crippen molar-refractivity contribution in [1.82, 2.24) is 4.31 Å². The van der Waals surface area contributed by atoms with Crippen LogP contribution in [0.2, 0.25) is 0 Å². The minimum atomic E-state index is -3.51. The molecule has 2 rings (SSSR count). The van der Waals surface area contributed by atoms with Gasteiger partial charge in [0.15, 0.2) is 6.10 Å². The molecule has 0 aliphatic carbocycles. The van der Waals surface area contributed by atoms with Gasteiger partial charge >= 0.3 is 0 Å². The third-order valence-electron chi connectivity index (χ3n) is 3.57. The number of benzene rings is 2. The molecule has 0 heterocycles. The van der Waals surface area contributed by atoms with E-state index in [0.717, 1.165) is 4.31 Å². The Kier molecular flexibility index (Phi) is 5.97. The highest BCUT2D eigenvalue weighted by Gasteiger charge is 2.18. The zero-order valence-electron chi connectivity index (χ0n) is 14.6. The Morgan fingerprint density at radius 3 is 2.19 bits per heavy atom. The van der Waals surface area contributed by atoms with Gasteiger partial charge in [0.2, 0.25) is 10.0 Å². The Bertz CT molecular complexity index is 914. The van der Waals surface area contributed by atoms with Crippen LogP contribution in [0.5, 0.6) is 5.75 Å². The Labute approximate surface area is 152 Å². The van der Waals surface area contributed by atoms with Crippen molar-refractivity contribution in [2.45, 2.75) is 17.9 Å². The van der Waals surface area contributed by atoms with Gasteiger partial charge in [-0.3, -0.25) is 4.79 Å². The van der Waals surface area contributed by atoms with E-state index in [2.05, 4.69) is 5.32 Å². The number of hydrogen-bond donors (Lipinski definition) is 1. The van der Waals surface area contributed by atoms with E-state index in [9.17, 15) is 13.2 Å². The molecule has 0 fully saturated rings. The van der Waals surface area contributed by atoms with Crippen LogP contribution in [0.4, 0.5) is 5.69 Å². The first kappa shape index (κ1) is 19.4. The summed E-state index contributed by atoms with van der Waals surface area (Å²) in [5.74, 6) is 0.0941. The first-order valence-corrected chi connectivity index (χ1v) is 9.18. The van der Waals surface area contributed by atoms with E-state index in [-0.39, 0.29) is 10.8 Å². The van der Waals surface area contributed by atoms with Gasteiger partial charge in [0.25, 0.3) is 5.91 Å². The molecule has 1 unspecified atom stereocenters. The number of nitriles is 1. The van der Waals surface area contributed by atoms with Crippen molar-refractivity contribution in [2.75, 3.05) is 19.4 Å². The van der Waals surface area contributed by atoms with Crippen molar-refractivity contribution in [2.24, 2.45) is 0 Å². The van der Waals surface area contributed by atoms with Gasteiger partial charge < -0.3 is 10.1 Å². The summed E-state index contributed by atoms with van der Waals surface area (Å²) in [6, 6.07) is 14.3. The molecule has 1 N–H and O–H groups in total. The molecule has 2 aromatic rings. The molecule has 8 heteroatoms. The van der Waals surface area contributed by atoms with E-state index >= 15 is 0 Å². The van der Waals surface area contributed by atoms with Crippen molar-refractivity contribution in [1.29, 1.82) is 5.26 Å². The summed E-state index contributed by atoms with van der Waals surface area (Å²) in [5, 5.41) is 11.4. The molecule has 136 valence electrons. The van der Waals surface area contributed by atoms with Gasteiger partial charge in [-0.2, -0.15) is 5.26 Å². The van der Waals surface area contributed by atoms with Crippen LogP contribution in [0.25, 0.3) is 0 Å². The van der Waals surface area contributed by atoms with Crippen LogP contribution in [0, 0.1) is 11.3 Å². The number of carbonyl (C=O) groups excluding carboxylic acids is 1. The molecule has 1 amide bonds. The largest absolute Gasteiger partial charge is 0.481 e. The number of hydrogen-bond acceptors (Lipinski definition) is 5. The van der Waals surface area contributed by atoms with Crippen LogP contribution < -0.4 is 10.1 Å². The van der Waals surface area contributed by atoms with Crippen LogP contribution in [-0.2, 0) is 14.8 Å². The van der Waals surface area contributed by atoms with Crippen molar-refractivity contribution >= 4 is 21.6 Å². The summed E-state index contributed by atoms with van der Waals surface area (Å²) in [6.45, 7) is 1.60. The van der Waals surface area contributed by atoms with E-state index in [0.29, 0.717) is 17.0 Å². The number of ether oxygens (including phenoxy) is 1. The number of anilines is 1. The van der Waals surface area contributed by atoms with Crippen molar-refractivity contribution < 1.29 is 17.9 Å².